The fourth-order valence-electron chi connectivity index (χ4n) is 4.57. The molecule has 1 aliphatic rings. The third-order valence-electron chi connectivity index (χ3n) is 5.59. The number of rotatable bonds is 1. The smallest absolute Gasteiger partial charge is 0.0886 e. The van der Waals surface area contributed by atoms with E-state index in [2.05, 4.69) is 90.2 Å². The molecule has 0 bridgehead atoms. The molecule has 0 unspecified atom stereocenters. The average Bonchev–Trinajstić information content (AvgIpc) is 2.79. The topological polar surface area (TPSA) is 0 Å². The third kappa shape index (κ3) is 1.88. The van der Waals surface area contributed by atoms with Gasteiger partial charge in [0, 0.05) is 5.41 Å². The van der Waals surface area contributed by atoms with Crippen molar-refractivity contribution in [2.24, 2.45) is 0 Å². The van der Waals surface area contributed by atoms with E-state index in [4.69, 9.17) is 0 Å². The van der Waals surface area contributed by atoms with Gasteiger partial charge in [-0.05, 0) is 58.0 Å². The summed E-state index contributed by atoms with van der Waals surface area (Å²) in [6, 6.07) is 15.8. The highest BCUT2D eigenvalue weighted by molar-refractivity contribution is 6.32. The summed E-state index contributed by atoms with van der Waals surface area (Å²) in [7, 11) is 2.19. The summed E-state index contributed by atoms with van der Waals surface area (Å²) in [5, 5.41) is 2.73. The Balaban J connectivity index is 2.25. The van der Waals surface area contributed by atoms with Crippen LogP contribution in [0, 0.1) is 6.92 Å². The summed E-state index contributed by atoms with van der Waals surface area (Å²) in [4.78, 5) is 0. The zero-order chi connectivity index (χ0) is 17.1. The van der Waals surface area contributed by atoms with Crippen molar-refractivity contribution in [2.45, 2.75) is 33.1 Å². The highest BCUT2D eigenvalue weighted by Gasteiger charge is 2.38. The van der Waals surface area contributed by atoms with Crippen LogP contribution >= 0.6 is 0 Å². The first-order valence-electron chi connectivity index (χ1n) is 8.76. The molecule has 0 amide bonds. The minimum atomic E-state index is 0.0428. The van der Waals surface area contributed by atoms with Gasteiger partial charge < -0.3 is 0 Å². The van der Waals surface area contributed by atoms with Crippen LogP contribution in [0.4, 0.5) is 0 Å². The van der Waals surface area contributed by atoms with Crippen molar-refractivity contribution in [3.63, 3.8) is 0 Å². The second kappa shape index (κ2) is 5.11. The molecule has 0 fully saturated rings. The molecule has 0 nitrogen and oxygen atoms in total. The van der Waals surface area contributed by atoms with E-state index in [1.54, 1.807) is 0 Å². The lowest BCUT2D eigenvalue weighted by Gasteiger charge is -2.25. The fraction of sp³-hybridized carbons (Fsp3) is 0.217. The Kier molecular flexibility index (Phi) is 3.25. The van der Waals surface area contributed by atoms with Crippen molar-refractivity contribution in [1.29, 1.82) is 0 Å². The van der Waals surface area contributed by atoms with Gasteiger partial charge >= 0.3 is 0 Å². The van der Waals surface area contributed by atoms with E-state index < -0.39 is 0 Å². The van der Waals surface area contributed by atoms with Gasteiger partial charge in [0.25, 0.3) is 0 Å². The molecule has 0 saturated carbocycles. The molecule has 0 aromatic heterocycles. The van der Waals surface area contributed by atoms with Crippen LogP contribution in [0.25, 0.3) is 28.0 Å². The molecular formula is C23H23B. The Bertz CT molecular complexity index is 1010. The number of allylic oxidation sites excluding steroid dienone is 1. The molecule has 3 aromatic rings. The molecule has 0 N–H and O–H groups in total. The second-order valence-electron chi connectivity index (χ2n) is 7.51. The molecular weight excluding hydrogens is 287 g/mol. The highest BCUT2D eigenvalue weighted by Crippen LogP contribution is 2.53. The predicted molar refractivity (Wildman–Crippen MR) is 109 cm³/mol. The molecule has 1 aliphatic carbocycles. The lowest BCUT2D eigenvalue weighted by Crippen LogP contribution is -2.19. The van der Waals surface area contributed by atoms with Gasteiger partial charge in [-0.2, -0.15) is 0 Å². The molecule has 1 heteroatoms. The van der Waals surface area contributed by atoms with Gasteiger partial charge in [-0.1, -0.05) is 73.9 Å². The van der Waals surface area contributed by atoms with Crippen molar-refractivity contribution in [3.8, 4) is 11.1 Å². The molecule has 0 saturated heterocycles. The monoisotopic (exact) mass is 310 g/mol. The molecule has 0 spiro atoms. The zero-order valence-corrected chi connectivity index (χ0v) is 15.2. The van der Waals surface area contributed by atoms with E-state index in [0.717, 1.165) is 0 Å². The first kappa shape index (κ1) is 15.3. The molecule has 0 radical (unpaired) electrons. The third-order valence-corrected chi connectivity index (χ3v) is 5.59. The zero-order valence-electron chi connectivity index (χ0n) is 15.2. The fourth-order valence-corrected chi connectivity index (χ4v) is 4.57. The maximum absolute atomic E-state index is 2.37. The van der Waals surface area contributed by atoms with Crippen molar-refractivity contribution in [2.75, 3.05) is 0 Å². The predicted octanol–water partition coefficient (Wildman–Crippen LogP) is 4.75. The maximum atomic E-state index is 2.37. The Labute approximate surface area is 145 Å². The van der Waals surface area contributed by atoms with Gasteiger partial charge in [-0.25, -0.2) is 0 Å². The van der Waals surface area contributed by atoms with Gasteiger partial charge in [0.15, 0.2) is 0 Å². The number of hydrogen-bond donors (Lipinski definition) is 0. The molecule has 3 aromatic carbocycles. The van der Waals surface area contributed by atoms with Gasteiger partial charge in [-0.3, -0.25) is 0 Å². The SMILES string of the molecule is Bc1ccc2c(c1)C(C)(C)c1c(C)c(/C=C\C)c3ccccc3c1-2. The minimum absolute atomic E-state index is 0.0428. The Morgan fingerprint density at radius 3 is 2.42 bits per heavy atom. The van der Waals surface area contributed by atoms with Gasteiger partial charge in [0.1, 0.15) is 7.85 Å². The molecule has 24 heavy (non-hydrogen) atoms. The number of hydrogen-bond acceptors (Lipinski definition) is 0. The van der Waals surface area contributed by atoms with Crippen LogP contribution in [0.2, 0.25) is 0 Å². The molecule has 4 rings (SSSR count). The van der Waals surface area contributed by atoms with Crippen LogP contribution in [-0.2, 0) is 5.41 Å². The Morgan fingerprint density at radius 1 is 1.00 bits per heavy atom. The summed E-state index contributed by atoms with van der Waals surface area (Å²) in [6.07, 6.45) is 4.42. The average molecular weight is 310 g/mol. The Hall–Kier alpha value is -2.28. The van der Waals surface area contributed by atoms with E-state index in [-0.39, 0.29) is 5.41 Å². The first-order chi connectivity index (χ1) is 11.5. The van der Waals surface area contributed by atoms with E-state index in [1.807, 2.05) is 0 Å². The highest BCUT2D eigenvalue weighted by atomic mass is 14.4. The van der Waals surface area contributed by atoms with Crippen molar-refractivity contribution in [3.05, 3.63) is 70.8 Å². The molecule has 0 aliphatic heterocycles. The van der Waals surface area contributed by atoms with Gasteiger partial charge in [0.05, 0.1) is 0 Å². The lowest BCUT2D eigenvalue weighted by atomic mass is 9.77. The summed E-state index contributed by atoms with van der Waals surface area (Å²) in [5.41, 5.74) is 9.97. The lowest BCUT2D eigenvalue weighted by molar-refractivity contribution is 0.656. The molecule has 0 atom stereocenters. The molecule has 0 heterocycles. The van der Waals surface area contributed by atoms with Crippen LogP contribution in [-0.4, -0.2) is 7.85 Å². The van der Waals surface area contributed by atoms with Crippen LogP contribution in [0.15, 0.2) is 48.5 Å². The summed E-state index contributed by atoms with van der Waals surface area (Å²) in [5.74, 6) is 0. The van der Waals surface area contributed by atoms with Crippen LogP contribution < -0.4 is 5.46 Å². The Morgan fingerprint density at radius 2 is 1.71 bits per heavy atom. The summed E-state index contributed by atoms with van der Waals surface area (Å²) >= 11 is 0. The van der Waals surface area contributed by atoms with Gasteiger partial charge in [-0.15, -0.1) is 0 Å². The minimum Gasteiger partial charge on any atom is -0.0886 e. The van der Waals surface area contributed by atoms with E-state index in [1.165, 1.54) is 49.6 Å². The summed E-state index contributed by atoms with van der Waals surface area (Å²) < 4.78 is 0. The van der Waals surface area contributed by atoms with Crippen molar-refractivity contribution in [1.82, 2.24) is 0 Å². The van der Waals surface area contributed by atoms with Crippen molar-refractivity contribution >= 4 is 30.2 Å². The largest absolute Gasteiger partial charge is 0.139 e. The summed E-state index contributed by atoms with van der Waals surface area (Å²) in [6.45, 7) is 9.14. The number of fused-ring (bicyclic) bond motifs is 5. The van der Waals surface area contributed by atoms with Crippen molar-refractivity contribution < 1.29 is 0 Å². The molecule has 118 valence electrons. The maximum Gasteiger partial charge on any atom is 0.139 e. The number of benzene rings is 3. The van der Waals surface area contributed by atoms with Gasteiger partial charge in [0.2, 0.25) is 0 Å². The van der Waals surface area contributed by atoms with Crippen LogP contribution in [0.5, 0.6) is 0 Å². The first-order valence-corrected chi connectivity index (χ1v) is 8.76. The van der Waals surface area contributed by atoms with Crippen LogP contribution in [0.3, 0.4) is 0 Å². The van der Waals surface area contributed by atoms with Crippen LogP contribution in [0.1, 0.15) is 43.0 Å². The van der Waals surface area contributed by atoms with E-state index in [0.29, 0.717) is 0 Å². The van der Waals surface area contributed by atoms with E-state index in [9.17, 15) is 0 Å². The normalized spacial score (nSPS) is 15.0. The quantitative estimate of drug-likeness (QED) is 0.569. The van der Waals surface area contributed by atoms with E-state index >= 15 is 0 Å². The second-order valence-corrected chi connectivity index (χ2v) is 7.51. The standard InChI is InChI=1S/C23H23B/c1-5-8-16-14(2)22-21(18-10-7-6-9-17(16)18)19-12-11-15(24)13-20(19)23(22,3)4/h5-13H,24H2,1-4H3/b8-5-.